The third-order valence-corrected chi connectivity index (χ3v) is 3.49. The second kappa shape index (κ2) is 6.55. The van der Waals surface area contributed by atoms with Crippen LogP contribution in [0.4, 0.5) is 0 Å². The van der Waals surface area contributed by atoms with Crippen molar-refractivity contribution in [3.63, 3.8) is 0 Å². The molecule has 0 saturated carbocycles. The number of H-pyrrole nitrogens is 1. The summed E-state index contributed by atoms with van der Waals surface area (Å²) in [6, 6.07) is 5.80. The molecular formula is C14H19ClN2OS. The van der Waals surface area contributed by atoms with Crippen LogP contribution in [0, 0.1) is 10.7 Å². The molecule has 0 amide bonds. The van der Waals surface area contributed by atoms with Gasteiger partial charge in [-0.2, -0.15) is 0 Å². The van der Waals surface area contributed by atoms with E-state index in [1.807, 2.05) is 22.8 Å². The van der Waals surface area contributed by atoms with Crippen LogP contribution in [-0.2, 0) is 11.3 Å². The van der Waals surface area contributed by atoms with E-state index in [4.69, 9.17) is 28.6 Å². The fourth-order valence-corrected chi connectivity index (χ4v) is 2.60. The Kier molecular flexibility index (Phi) is 5.02. The summed E-state index contributed by atoms with van der Waals surface area (Å²) < 4.78 is 8.35. The lowest BCUT2D eigenvalue weighted by atomic mass is 10.2. The zero-order valence-corrected chi connectivity index (χ0v) is 12.9. The van der Waals surface area contributed by atoms with Gasteiger partial charge in [-0.1, -0.05) is 31.5 Å². The van der Waals surface area contributed by atoms with E-state index in [1.54, 1.807) is 0 Å². The van der Waals surface area contributed by atoms with Crippen LogP contribution in [0.2, 0.25) is 5.02 Å². The molecule has 1 N–H and O–H groups in total. The van der Waals surface area contributed by atoms with Crippen LogP contribution < -0.4 is 0 Å². The molecule has 0 saturated heterocycles. The van der Waals surface area contributed by atoms with Gasteiger partial charge in [-0.05, 0) is 36.7 Å². The number of hydrogen-bond acceptors (Lipinski definition) is 2. The molecule has 2 aromatic rings. The Morgan fingerprint density at radius 3 is 2.95 bits per heavy atom. The molecule has 0 aliphatic carbocycles. The summed E-state index contributed by atoms with van der Waals surface area (Å²) in [6.07, 6.45) is 0.930. The molecule has 5 heteroatoms. The lowest BCUT2D eigenvalue weighted by Crippen LogP contribution is -2.06. The van der Waals surface area contributed by atoms with Crippen molar-refractivity contribution in [2.75, 3.05) is 13.2 Å². The van der Waals surface area contributed by atoms with E-state index in [9.17, 15) is 0 Å². The van der Waals surface area contributed by atoms with Crippen molar-refractivity contribution in [1.29, 1.82) is 0 Å². The number of rotatable bonds is 6. The van der Waals surface area contributed by atoms with E-state index < -0.39 is 0 Å². The van der Waals surface area contributed by atoms with Crippen LogP contribution >= 0.6 is 23.8 Å². The number of para-hydroxylation sites is 1. The van der Waals surface area contributed by atoms with Crippen LogP contribution in [0.3, 0.4) is 0 Å². The second-order valence-electron chi connectivity index (χ2n) is 5.04. The Bertz CT molecular complexity index is 603. The predicted octanol–water partition coefficient (Wildman–Crippen LogP) is 4.41. The van der Waals surface area contributed by atoms with Crippen molar-refractivity contribution in [2.45, 2.75) is 26.8 Å². The normalized spacial score (nSPS) is 11.6. The molecule has 0 fully saturated rings. The fraction of sp³-hybridized carbons (Fsp3) is 0.500. The molecule has 0 radical (unpaired) electrons. The molecule has 19 heavy (non-hydrogen) atoms. The largest absolute Gasteiger partial charge is 0.381 e. The first-order chi connectivity index (χ1) is 9.09. The van der Waals surface area contributed by atoms with Crippen LogP contribution in [-0.4, -0.2) is 22.8 Å². The molecule has 3 nitrogen and oxygen atoms in total. The molecule has 1 heterocycles. The van der Waals surface area contributed by atoms with Gasteiger partial charge in [-0.15, -0.1) is 0 Å². The molecule has 0 bridgehead atoms. The number of hydrogen-bond donors (Lipinski definition) is 1. The monoisotopic (exact) mass is 298 g/mol. The number of nitrogens with one attached hydrogen (secondary N) is 1. The minimum Gasteiger partial charge on any atom is -0.381 e. The van der Waals surface area contributed by atoms with E-state index in [2.05, 4.69) is 18.8 Å². The molecule has 0 aliphatic rings. The topological polar surface area (TPSA) is 29.9 Å². The summed E-state index contributed by atoms with van der Waals surface area (Å²) in [5, 5.41) is 0.730. The number of aromatic amines is 1. The lowest BCUT2D eigenvalue weighted by Gasteiger charge is -2.08. The molecule has 0 unspecified atom stereocenters. The number of halogens is 1. The Hall–Kier alpha value is -0.840. The molecule has 0 aliphatic heterocycles. The Balaban J connectivity index is 2.04. The van der Waals surface area contributed by atoms with Crippen molar-refractivity contribution >= 4 is 34.9 Å². The van der Waals surface area contributed by atoms with Gasteiger partial charge < -0.3 is 14.3 Å². The van der Waals surface area contributed by atoms with Crippen molar-refractivity contribution in [3.8, 4) is 0 Å². The molecule has 2 rings (SSSR count). The first-order valence-electron chi connectivity index (χ1n) is 6.54. The lowest BCUT2D eigenvalue weighted by molar-refractivity contribution is 0.105. The molecule has 0 atom stereocenters. The highest BCUT2D eigenvalue weighted by Crippen LogP contribution is 2.23. The van der Waals surface area contributed by atoms with E-state index in [-0.39, 0.29) is 0 Å². The van der Waals surface area contributed by atoms with Crippen LogP contribution in [0.5, 0.6) is 0 Å². The third-order valence-electron chi connectivity index (χ3n) is 2.87. The Morgan fingerprint density at radius 1 is 1.42 bits per heavy atom. The number of imidazole rings is 1. The highest BCUT2D eigenvalue weighted by molar-refractivity contribution is 7.71. The summed E-state index contributed by atoms with van der Waals surface area (Å²) in [5.74, 6) is 0.574. The van der Waals surface area contributed by atoms with Gasteiger partial charge in [-0.3, -0.25) is 0 Å². The third kappa shape index (κ3) is 3.59. The van der Waals surface area contributed by atoms with Crippen molar-refractivity contribution in [3.05, 3.63) is 28.0 Å². The van der Waals surface area contributed by atoms with E-state index in [1.165, 1.54) is 0 Å². The predicted molar refractivity (Wildman–Crippen MR) is 82.4 cm³/mol. The maximum absolute atomic E-state index is 6.24. The van der Waals surface area contributed by atoms with Crippen LogP contribution in [0.25, 0.3) is 11.0 Å². The average Bonchev–Trinajstić information content (AvgIpc) is 2.66. The summed E-state index contributed by atoms with van der Waals surface area (Å²) in [4.78, 5) is 3.18. The number of fused-ring (bicyclic) bond motifs is 1. The van der Waals surface area contributed by atoms with Crippen LogP contribution in [0.15, 0.2) is 18.2 Å². The van der Waals surface area contributed by atoms with Gasteiger partial charge in [0.2, 0.25) is 0 Å². The van der Waals surface area contributed by atoms with Crippen molar-refractivity contribution in [2.24, 2.45) is 5.92 Å². The zero-order chi connectivity index (χ0) is 13.8. The second-order valence-corrected chi connectivity index (χ2v) is 5.83. The Labute approximate surface area is 123 Å². The van der Waals surface area contributed by atoms with E-state index in [0.29, 0.717) is 10.7 Å². The highest BCUT2D eigenvalue weighted by Gasteiger charge is 2.07. The summed E-state index contributed by atoms with van der Waals surface area (Å²) in [6.45, 7) is 6.67. The van der Waals surface area contributed by atoms with Crippen molar-refractivity contribution in [1.82, 2.24) is 9.55 Å². The standard InChI is InChI=1S/C14H19ClN2OS/c1-10(2)9-18-8-4-7-17-13-11(15)5-3-6-12(13)16-14(17)19/h3,5-6,10H,4,7-9H2,1-2H3,(H,16,19). The average molecular weight is 299 g/mol. The summed E-state index contributed by atoms with van der Waals surface area (Å²) >= 11 is 11.6. The summed E-state index contributed by atoms with van der Waals surface area (Å²) in [5.41, 5.74) is 1.97. The molecule has 0 spiro atoms. The number of benzene rings is 1. The van der Waals surface area contributed by atoms with Gasteiger partial charge in [0.05, 0.1) is 16.1 Å². The smallest absolute Gasteiger partial charge is 0.178 e. The number of aromatic nitrogens is 2. The first-order valence-corrected chi connectivity index (χ1v) is 7.33. The first kappa shape index (κ1) is 14.6. The number of aryl methyl sites for hydroxylation is 1. The molecule has 1 aromatic carbocycles. The minimum absolute atomic E-state index is 0.574. The number of ether oxygens (including phenoxy) is 1. The van der Waals surface area contributed by atoms with Gasteiger partial charge in [0.1, 0.15) is 0 Å². The van der Waals surface area contributed by atoms with Gasteiger partial charge in [0.25, 0.3) is 0 Å². The van der Waals surface area contributed by atoms with Gasteiger partial charge in [0.15, 0.2) is 4.77 Å². The maximum atomic E-state index is 6.24. The minimum atomic E-state index is 0.574. The fourth-order valence-electron chi connectivity index (χ4n) is 2.03. The molecular weight excluding hydrogens is 280 g/mol. The zero-order valence-electron chi connectivity index (χ0n) is 11.3. The van der Waals surface area contributed by atoms with Gasteiger partial charge in [0, 0.05) is 19.8 Å². The number of nitrogens with zero attached hydrogens (tertiary/aromatic N) is 1. The van der Waals surface area contributed by atoms with Gasteiger partial charge >= 0.3 is 0 Å². The molecule has 1 aromatic heterocycles. The highest BCUT2D eigenvalue weighted by atomic mass is 35.5. The SMILES string of the molecule is CC(C)COCCCn1c(=S)[nH]c2cccc(Cl)c21. The van der Waals surface area contributed by atoms with Gasteiger partial charge in [-0.25, -0.2) is 0 Å². The van der Waals surface area contributed by atoms with Crippen LogP contribution in [0.1, 0.15) is 20.3 Å². The quantitative estimate of drug-likeness (QED) is 0.632. The maximum Gasteiger partial charge on any atom is 0.178 e. The van der Waals surface area contributed by atoms with E-state index >= 15 is 0 Å². The molecule has 104 valence electrons. The summed E-state index contributed by atoms with van der Waals surface area (Å²) in [7, 11) is 0. The van der Waals surface area contributed by atoms with E-state index in [0.717, 1.165) is 42.2 Å². The van der Waals surface area contributed by atoms with Crippen molar-refractivity contribution < 1.29 is 4.74 Å². The Morgan fingerprint density at radius 2 is 2.21 bits per heavy atom.